The Balaban J connectivity index is 0. The first kappa shape index (κ1) is 13.9. The molecule has 1 aromatic carbocycles. The molecule has 0 saturated heterocycles. The molecule has 0 bridgehead atoms. The Morgan fingerprint density at radius 1 is 1.36 bits per heavy atom. The largest absolute Gasteiger partial charge is 2.00 e. The van der Waals surface area contributed by atoms with Gasteiger partial charge in [0.25, 0.3) is 0 Å². The van der Waals surface area contributed by atoms with Crippen molar-refractivity contribution in [2.24, 2.45) is 0 Å². The van der Waals surface area contributed by atoms with E-state index in [1.54, 1.807) is 0 Å². The summed E-state index contributed by atoms with van der Waals surface area (Å²) in [6.45, 7) is 1.51. The first-order chi connectivity index (χ1) is 4.22. The van der Waals surface area contributed by atoms with E-state index in [0.29, 0.717) is 5.56 Å². The molecule has 0 fully saturated rings. The minimum absolute atomic E-state index is 0. The van der Waals surface area contributed by atoms with Crippen LogP contribution in [0, 0.1) is 24.6 Å². The van der Waals surface area contributed by atoms with Gasteiger partial charge in [-0.3, -0.25) is 4.39 Å². The van der Waals surface area contributed by atoms with Crippen molar-refractivity contribution in [2.45, 2.75) is 6.92 Å². The van der Waals surface area contributed by atoms with Crippen LogP contribution in [0.1, 0.15) is 5.56 Å². The van der Waals surface area contributed by atoms with E-state index in [9.17, 15) is 8.78 Å². The fourth-order valence-corrected chi connectivity index (χ4v) is 0.549. The van der Waals surface area contributed by atoms with Gasteiger partial charge in [-0.1, -0.05) is 6.92 Å². The first-order valence-electron chi connectivity index (χ1n) is 2.54. The second kappa shape index (κ2) is 5.91. The molecule has 0 heterocycles. The Morgan fingerprint density at radius 3 is 2.27 bits per heavy atom. The Hall–Kier alpha value is 0.326. The summed E-state index contributed by atoms with van der Waals surface area (Å²) in [7, 11) is 0. The smallest absolute Gasteiger partial charge is 1.00 e. The zero-order chi connectivity index (χ0) is 6.85. The molecule has 11 heavy (non-hydrogen) atoms. The second-order valence-corrected chi connectivity index (χ2v) is 1.79. The van der Waals surface area contributed by atoms with Gasteiger partial charge >= 0.3 is 23.1 Å². The Bertz CT molecular complexity index is 207. The quantitative estimate of drug-likeness (QED) is 0.384. The average molecular weight is 231 g/mol. The van der Waals surface area contributed by atoms with E-state index in [2.05, 4.69) is 6.07 Å². The van der Waals surface area contributed by atoms with Crippen molar-refractivity contribution < 1.29 is 25.8 Å². The summed E-state index contributed by atoms with van der Waals surface area (Å²) in [6, 6.07) is 4.92. The number of hydrogen-bond acceptors (Lipinski definition) is 0. The number of aryl methyl sites for hydroxylation is 1. The molecular weight excluding hydrogens is 226 g/mol. The van der Waals surface area contributed by atoms with Crippen LogP contribution < -0.4 is 17.0 Å². The predicted octanol–water partition coefficient (Wildman–Crippen LogP) is -1.30. The van der Waals surface area contributed by atoms with Crippen molar-refractivity contribution in [1.82, 2.24) is 0 Å². The van der Waals surface area contributed by atoms with Gasteiger partial charge in [-0.2, -0.15) is 12.1 Å². The third-order valence-electron chi connectivity index (χ3n) is 1.08. The van der Waals surface area contributed by atoms with Crippen molar-refractivity contribution >= 4 is 23.1 Å². The maximum atomic E-state index is 12.3. The SMILES string of the molecule is Cc1cc[c-]c(F)c1F.[Br-].[Mg+2]. The predicted molar refractivity (Wildman–Crippen MR) is 35.7 cm³/mol. The van der Waals surface area contributed by atoms with Crippen molar-refractivity contribution in [3.05, 3.63) is 35.4 Å². The molecule has 4 heteroatoms. The molecule has 1 rings (SSSR count). The van der Waals surface area contributed by atoms with E-state index in [1.807, 2.05) is 0 Å². The molecule has 0 spiro atoms. The summed E-state index contributed by atoms with van der Waals surface area (Å²) in [5, 5.41) is 0. The molecule has 56 valence electrons. The summed E-state index contributed by atoms with van der Waals surface area (Å²) < 4.78 is 24.5. The van der Waals surface area contributed by atoms with E-state index < -0.39 is 11.6 Å². The average Bonchev–Trinajstić information content (AvgIpc) is 1.83. The van der Waals surface area contributed by atoms with E-state index in [1.165, 1.54) is 19.1 Å². The Labute approximate surface area is 90.9 Å². The van der Waals surface area contributed by atoms with Crippen LogP contribution in [-0.2, 0) is 0 Å². The number of hydrogen-bond donors (Lipinski definition) is 0. The van der Waals surface area contributed by atoms with Gasteiger partial charge in [-0.15, -0.1) is 11.6 Å². The minimum Gasteiger partial charge on any atom is -1.00 e. The van der Waals surface area contributed by atoms with Crippen LogP contribution in [0.15, 0.2) is 12.1 Å². The molecular formula is C7H5BrF2Mg. The van der Waals surface area contributed by atoms with Crippen molar-refractivity contribution in [1.29, 1.82) is 0 Å². The molecule has 0 amide bonds. The number of rotatable bonds is 0. The van der Waals surface area contributed by atoms with Gasteiger partial charge in [0, 0.05) is 11.6 Å². The molecule has 0 atom stereocenters. The van der Waals surface area contributed by atoms with E-state index in [0.717, 1.165) is 0 Å². The third kappa shape index (κ3) is 3.49. The summed E-state index contributed by atoms with van der Waals surface area (Å²) in [5.41, 5.74) is 0.311. The van der Waals surface area contributed by atoms with Crippen molar-refractivity contribution in [2.75, 3.05) is 0 Å². The van der Waals surface area contributed by atoms with Gasteiger partial charge in [0.2, 0.25) is 0 Å². The summed E-state index contributed by atoms with van der Waals surface area (Å²) in [5.74, 6) is -1.72. The van der Waals surface area contributed by atoms with Gasteiger partial charge in [0.05, 0.1) is 0 Å². The molecule has 0 aromatic heterocycles. The van der Waals surface area contributed by atoms with Crippen molar-refractivity contribution in [3.8, 4) is 0 Å². The molecule has 0 aliphatic carbocycles. The normalized spacial score (nSPS) is 7.91. The molecule has 0 radical (unpaired) electrons. The van der Waals surface area contributed by atoms with Crippen LogP contribution in [0.3, 0.4) is 0 Å². The van der Waals surface area contributed by atoms with E-state index in [-0.39, 0.29) is 40.0 Å². The molecule has 0 aliphatic rings. The Kier molecular flexibility index (Phi) is 7.46. The topological polar surface area (TPSA) is 0 Å². The van der Waals surface area contributed by atoms with Crippen LogP contribution in [0.2, 0.25) is 0 Å². The Morgan fingerprint density at radius 2 is 1.91 bits per heavy atom. The molecule has 0 aliphatic heterocycles. The van der Waals surface area contributed by atoms with Crippen molar-refractivity contribution in [3.63, 3.8) is 0 Å². The van der Waals surface area contributed by atoms with Gasteiger partial charge in [0.15, 0.2) is 0 Å². The monoisotopic (exact) mass is 230 g/mol. The third-order valence-corrected chi connectivity index (χ3v) is 1.08. The maximum Gasteiger partial charge on any atom is 2.00 e. The van der Waals surface area contributed by atoms with Gasteiger partial charge in [-0.05, 0) is 0 Å². The summed E-state index contributed by atoms with van der Waals surface area (Å²) in [6.07, 6.45) is 0. The summed E-state index contributed by atoms with van der Waals surface area (Å²) in [4.78, 5) is 0. The van der Waals surface area contributed by atoms with Crippen LogP contribution >= 0.6 is 0 Å². The van der Waals surface area contributed by atoms with E-state index >= 15 is 0 Å². The van der Waals surface area contributed by atoms with Crippen LogP contribution in [0.25, 0.3) is 0 Å². The van der Waals surface area contributed by atoms with Crippen LogP contribution in [0.4, 0.5) is 8.78 Å². The van der Waals surface area contributed by atoms with Crippen LogP contribution in [-0.4, -0.2) is 23.1 Å². The number of halogens is 3. The maximum absolute atomic E-state index is 12.3. The molecule has 1 aromatic rings. The molecule has 0 N–H and O–H groups in total. The summed E-state index contributed by atoms with van der Waals surface area (Å²) >= 11 is 0. The van der Waals surface area contributed by atoms with Crippen LogP contribution in [0.5, 0.6) is 0 Å². The number of benzene rings is 1. The minimum atomic E-state index is -0.907. The molecule has 0 nitrogen and oxygen atoms in total. The molecule has 0 saturated carbocycles. The fourth-order valence-electron chi connectivity index (χ4n) is 0.549. The first-order valence-corrected chi connectivity index (χ1v) is 2.54. The standard InChI is InChI=1S/C7H5F2.BrH.Mg/c1-5-3-2-4-6(8)7(5)9;;/h2-3H,1H3;1H;/q-1;;+2/p-1. The van der Waals surface area contributed by atoms with Gasteiger partial charge in [-0.25, -0.2) is 4.39 Å². The fraction of sp³-hybridized carbons (Fsp3) is 0.143. The zero-order valence-corrected chi connectivity index (χ0v) is 9.00. The molecule has 0 unspecified atom stereocenters. The van der Waals surface area contributed by atoms with E-state index in [4.69, 9.17) is 0 Å². The van der Waals surface area contributed by atoms with Gasteiger partial charge < -0.3 is 17.0 Å². The second-order valence-electron chi connectivity index (χ2n) is 1.79. The zero-order valence-electron chi connectivity index (χ0n) is 6.00. The van der Waals surface area contributed by atoms with Gasteiger partial charge in [0.1, 0.15) is 0 Å².